The lowest BCUT2D eigenvalue weighted by atomic mass is 9.68. The molecule has 2 rings (SSSR count). The molecule has 2 heterocycles. The lowest BCUT2D eigenvalue weighted by Crippen LogP contribution is -2.57. The molecular weight excluding hydrogens is 216 g/mol. The lowest BCUT2D eigenvalue weighted by Gasteiger charge is -2.43. The van der Waals surface area contributed by atoms with Crippen molar-refractivity contribution in [3.05, 3.63) is 0 Å². The van der Waals surface area contributed by atoms with Crippen molar-refractivity contribution in [3.8, 4) is 0 Å². The quantitative estimate of drug-likeness (QED) is 0.735. The molecule has 0 radical (unpaired) electrons. The molecule has 2 aliphatic heterocycles. The van der Waals surface area contributed by atoms with Crippen LogP contribution in [0, 0.1) is 5.41 Å². The number of hydrogen-bond donors (Lipinski definition) is 2. The highest BCUT2D eigenvalue weighted by Crippen LogP contribution is 2.47. The summed E-state index contributed by atoms with van der Waals surface area (Å²) in [5.41, 5.74) is -2.15. The maximum Gasteiger partial charge on any atom is 0.314 e. The van der Waals surface area contributed by atoms with E-state index in [9.17, 15) is 15.0 Å². The van der Waals surface area contributed by atoms with E-state index in [1.807, 2.05) is 0 Å². The third-order valence-corrected chi connectivity index (χ3v) is 4.72. The van der Waals surface area contributed by atoms with E-state index in [-0.39, 0.29) is 6.61 Å². The molecular formula is C10H16O4S. The van der Waals surface area contributed by atoms with Gasteiger partial charge in [0.25, 0.3) is 0 Å². The Labute approximate surface area is 93.0 Å². The number of thioether (sulfide) groups is 1. The van der Waals surface area contributed by atoms with Crippen LogP contribution in [0.25, 0.3) is 0 Å². The van der Waals surface area contributed by atoms with Crippen LogP contribution < -0.4 is 0 Å². The van der Waals surface area contributed by atoms with E-state index < -0.39 is 17.0 Å². The van der Waals surface area contributed by atoms with E-state index in [4.69, 9.17) is 4.74 Å². The van der Waals surface area contributed by atoms with Crippen molar-refractivity contribution in [1.82, 2.24) is 0 Å². The molecule has 2 fully saturated rings. The summed E-state index contributed by atoms with van der Waals surface area (Å²) in [6.45, 7) is 0.762. The molecule has 0 spiro atoms. The lowest BCUT2D eigenvalue weighted by molar-refractivity contribution is -0.184. The first kappa shape index (κ1) is 11.2. The minimum Gasteiger partial charge on any atom is -0.481 e. The summed E-state index contributed by atoms with van der Waals surface area (Å²) in [5, 5.41) is 19.8. The largest absolute Gasteiger partial charge is 0.481 e. The first-order valence-electron chi connectivity index (χ1n) is 5.22. The van der Waals surface area contributed by atoms with Crippen molar-refractivity contribution in [2.24, 2.45) is 5.41 Å². The van der Waals surface area contributed by atoms with Crippen molar-refractivity contribution in [3.63, 3.8) is 0 Å². The van der Waals surface area contributed by atoms with Crippen molar-refractivity contribution >= 4 is 17.7 Å². The molecule has 2 N–H and O–H groups in total. The van der Waals surface area contributed by atoms with Crippen LogP contribution in [0.2, 0.25) is 0 Å². The zero-order valence-electron chi connectivity index (χ0n) is 8.57. The van der Waals surface area contributed by atoms with Crippen molar-refractivity contribution in [1.29, 1.82) is 0 Å². The molecule has 0 saturated carbocycles. The van der Waals surface area contributed by atoms with Crippen LogP contribution in [-0.4, -0.2) is 46.5 Å². The van der Waals surface area contributed by atoms with Crippen LogP contribution in [0.3, 0.4) is 0 Å². The molecule has 2 unspecified atom stereocenters. The summed E-state index contributed by atoms with van der Waals surface area (Å²) in [6, 6.07) is 0. The van der Waals surface area contributed by atoms with Crippen LogP contribution in [0.4, 0.5) is 0 Å². The summed E-state index contributed by atoms with van der Waals surface area (Å²) >= 11 is 1.62. The molecule has 0 bridgehead atoms. The van der Waals surface area contributed by atoms with Gasteiger partial charge in [-0.15, -0.1) is 0 Å². The van der Waals surface area contributed by atoms with Gasteiger partial charge in [0.15, 0.2) is 0 Å². The standard InChI is InChI=1S/C10H16O4S/c11-8(12)9(2-1-4-14-6-9)10(13)3-5-15-7-10/h13H,1-7H2,(H,11,12). The van der Waals surface area contributed by atoms with Gasteiger partial charge in [-0.25, -0.2) is 0 Å². The van der Waals surface area contributed by atoms with Gasteiger partial charge in [0.2, 0.25) is 0 Å². The topological polar surface area (TPSA) is 66.8 Å². The van der Waals surface area contributed by atoms with Gasteiger partial charge in [-0.05, 0) is 25.0 Å². The van der Waals surface area contributed by atoms with Crippen LogP contribution >= 0.6 is 11.8 Å². The Hall–Kier alpha value is -0.260. The molecule has 5 heteroatoms. The van der Waals surface area contributed by atoms with Crippen molar-refractivity contribution in [2.45, 2.75) is 24.9 Å². The van der Waals surface area contributed by atoms with Crippen LogP contribution in [-0.2, 0) is 9.53 Å². The molecule has 0 aromatic rings. The highest BCUT2D eigenvalue weighted by Gasteiger charge is 2.58. The number of rotatable bonds is 2. The van der Waals surface area contributed by atoms with Crippen LogP contribution in [0.5, 0.6) is 0 Å². The summed E-state index contributed by atoms with van der Waals surface area (Å²) in [6.07, 6.45) is 1.81. The second-order valence-electron chi connectivity index (χ2n) is 4.38. The molecule has 4 nitrogen and oxygen atoms in total. The minimum atomic E-state index is -1.08. The Balaban J connectivity index is 2.28. The Bertz CT molecular complexity index is 254. The first-order chi connectivity index (χ1) is 7.11. The predicted octanol–water partition coefficient (Wildman–Crippen LogP) is 0.736. The zero-order valence-corrected chi connectivity index (χ0v) is 9.39. The number of aliphatic hydroxyl groups is 1. The molecule has 0 amide bonds. The van der Waals surface area contributed by atoms with Gasteiger partial charge in [-0.2, -0.15) is 11.8 Å². The SMILES string of the molecule is O=C(O)C1(C2(O)CCSC2)CCCOC1. The van der Waals surface area contributed by atoms with E-state index in [1.165, 1.54) is 0 Å². The maximum absolute atomic E-state index is 11.4. The predicted molar refractivity (Wildman–Crippen MR) is 57.0 cm³/mol. The Kier molecular flexibility index (Phi) is 2.96. The van der Waals surface area contributed by atoms with Gasteiger partial charge in [-0.3, -0.25) is 4.79 Å². The van der Waals surface area contributed by atoms with Crippen molar-refractivity contribution < 1.29 is 19.7 Å². The Morgan fingerprint density at radius 1 is 1.40 bits per heavy atom. The summed E-state index contributed by atoms with van der Waals surface area (Å²) in [7, 11) is 0. The Morgan fingerprint density at radius 3 is 2.67 bits per heavy atom. The van der Waals surface area contributed by atoms with Crippen molar-refractivity contribution in [2.75, 3.05) is 24.7 Å². The van der Waals surface area contributed by atoms with E-state index in [2.05, 4.69) is 0 Å². The number of aliphatic carboxylic acids is 1. The number of ether oxygens (including phenoxy) is 1. The number of carboxylic acids is 1. The van der Waals surface area contributed by atoms with Gasteiger partial charge in [0.05, 0.1) is 12.2 Å². The molecule has 2 saturated heterocycles. The highest BCUT2D eigenvalue weighted by atomic mass is 32.2. The molecule has 2 aliphatic rings. The zero-order chi connectivity index (χ0) is 10.9. The third kappa shape index (κ3) is 1.66. The van der Waals surface area contributed by atoms with Gasteiger partial charge in [-0.1, -0.05) is 0 Å². The number of carbonyl (C=O) groups is 1. The molecule has 0 aliphatic carbocycles. The molecule has 0 aromatic heterocycles. The van der Waals surface area contributed by atoms with Crippen LogP contribution in [0.15, 0.2) is 0 Å². The molecule has 15 heavy (non-hydrogen) atoms. The highest BCUT2D eigenvalue weighted by molar-refractivity contribution is 7.99. The van der Waals surface area contributed by atoms with E-state index >= 15 is 0 Å². The summed E-state index contributed by atoms with van der Waals surface area (Å²) < 4.78 is 5.27. The minimum absolute atomic E-state index is 0.152. The fraction of sp³-hybridized carbons (Fsp3) is 0.900. The van der Waals surface area contributed by atoms with Gasteiger partial charge in [0, 0.05) is 12.4 Å². The second kappa shape index (κ2) is 3.96. The molecule has 0 aromatic carbocycles. The average molecular weight is 232 g/mol. The van der Waals surface area contributed by atoms with E-state index in [0.717, 1.165) is 12.2 Å². The third-order valence-electron chi connectivity index (χ3n) is 3.54. The van der Waals surface area contributed by atoms with Gasteiger partial charge >= 0.3 is 5.97 Å². The number of hydrogen-bond acceptors (Lipinski definition) is 4. The summed E-state index contributed by atoms with van der Waals surface area (Å²) in [5.74, 6) is 0.445. The second-order valence-corrected chi connectivity index (χ2v) is 5.48. The smallest absolute Gasteiger partial charge is 0.314 e. The number of carboxylic acid groups (broad SMARTS) is 1. The maximum atomic E-state index is 11.4. The fourth-order valence-electron chi connectivity index (χ4n) is 2.46. The fourth-order valence-corrected chi connectivity index (χ4v) is 3.85. The van der Waals surface area contributed by atoms with E-state index in [0.29, 0.717) is 25.2 Å². The first-order valence-corrected chi connectivity index (χ1v) is 6.37. The van der Waals surface area contributed by atoms with E-state index in [1.54, 1.807) is 11.8 Å². The Morgan fingerprint density at radius 2 is 2.20 bits per heavy atom. The normalized spacial score (nSPS) is 41.7. The summed E-state index contributed by atoms with van der Waals surface area (Å²) in [4.78, 5) is 11.4. The molecule has 2 atom stereocenters. The van der Waals surface area contributed by atoms with Gasteiger partial charge < -0.3 is 14.9 Å². The van der Waals surface area contributed by atoms with Gasteiger partial charge in [0.1, 0.15) is 5.41 Å². The molecule has 86 valence electrons. The monoisotopic (exact) mass is 232 g/mol. The van der Waals surface area contributed by atoms with Crippen LogP contribution in [0.1, 0.15) is 19.3 Å². The average Bonchev–Trinajstić information content (AvgIpc) is 2.67.